The predicted molar refractivity (Wildman–Crippen MR) is 109 cm³/mol. The highest BCUT2D eigenvalue weighted by molar-refractivity contribution is 7.99. The van der Waals surface area contributed by atoms with Gasteiger partial charge in [-0.1, -0.05) is 23.9 Å². The van der Waals surface area contributed by atoms with E-state index in [-0.39, 0.29) is 12.3 Å². The van der Waals surface area contributed by atoms with Crippen LogP contribution < -0.4 is 10.6 Å². The minimum absolute atomic E-state index is 0.263. The third-order valence-corrected chi connectivity index (χ3v) is 6.36. The highest BCUT2D eigenvalue weighted by Crippen LogP contribution is 2.37. The van der Waals surface area contributed by atoms with E-state index in [2.05, 4.69) is 37.8 Å². The molecule has 0 saturated heterocycles. The molecule has 11 heteroatoms. The van der Waals surface area contributed by atoms with E-state index in [9.17, 15) is 15.0 Å². The highest BCUT2D eigenvalue weighted by Gasteiger charge is 2.47. The number of aliphatic hydroxyl groups is 2. The van der Waals surface area contributed by atoms with E-state index in [1.165, 1.54) is 4.68 Å². The number of carbonyl (C=O) groups excluding carboxylic acids is 1. The highest BCUT2D eigenvalue weighted by atomic mass is 32.2. The first-order chi connectivity index (χ1) is 14.0. The van der Waals surface area contributed by atoms with Crippen molar-refractivity contribution in [3.05, 3.63) is 0 Å². The van der Waals surface area contributed by atoms with Crippen molar-refractivity contribution in [2.45, 2.75) is 69.0 Å². The van der Waals surface area contributed by atoms with Crippen LogP contribution in [0.15, 0.2) is 5.16 Å². The zero-order chi connectivity index (χ0) is 20.5. The van der Waals surface area contributed by atoms with Gasteiger partial charge in [0.25, 0.3) is 0 Å². The Morgan fingerprint density at radius 3 is 2.72 bits per heavy atom. The average molecular weight is 422 g/mol. The van der Waals surface area contributed by atoms with E-state index in [1.807, 2.05) is 6.92 Å². The number of aromatic nitrogens is 5. The Morgan fingerprint density at radius 1 is 1.24 bits per heavy atom. The van der Waals surface area contributed by atoms with Crippen LogP contribution in [0.25, 0.3) is 11.2 Å². The molecule has 0 radical (unpaired) electrons. The number of hydrogen-bond acceptors (Lipinski definition) is 9. The van der Waals surface area contributed by atoms with Gasteiger partial charge in [0, 0.05) is 18.3 Å². The van der Waals surface area contributed by atoms with Crippen molar-refractivity contribution in [3.63, 3.8) is 0 Å². The van der Waals surface area contributed by atoms with Crippen molar-refractivity contribution < 1.29 is 15.0 Å². The normalized spacial score (nSPS) is 26.8. The SMILES string of the molecule is CCCSc1nc(NC2CC2)c2nnn([C@@H]3C[C@H](C(=O)NCC)[C@@H](O)[C@H]3O)c2n1. The Labute approximate surface area is 172 Å². The molecule has 0 bridgehead atoms. The third-order valence-electron chi connectivity index (χ3n) is 5.31. The molecule has 2 aliphatic rings. The first kappa shape index (κ1) is 20.3. The van der Waals surface area contributed by atoms with Crippen molar-refractivity contribution in [1.29, 1.82) is 0 Å². The fourth-order valence-corrected chi connectivity index (χ4v) is 4.32. The van der Waals surface area contributed by atoms with Gasteiger partial charge in [-0.25, -0.2) is 14.6 Å². The molecular weight excluding hydrogens is 394 g/mol. The summed E-state index contributed by atoms with van der Waals surface area (Å²) >= 11 is 1.56. The quantitative estimate of drug-likeness (QED) is 0.359. The maximum absolute atomic E-state index is 12.3. The van der Waals surface area contributed by atoms with Crippen LogP contribution in [0.1, 0.15) is 45.6 Å². The molecule has 0 aromatic carbocycles. The fraction of sp³-hybridized carbons (Fsp3) is 0.722. The van der Waals surface area contributed by atoms with Crippen molar-refractivity contribution in [3.8, 4) is 0 Å². The number of thioether (sulfide) groups is 1. The zero-order valence-corrected chi connectivity index (χ0v) is 17.4. The lowest BCUT2D eigenvalue weighted by molar-refractivity contribution is -0.128. The topological polar surface area (TPSA) is 138 Å². The summed E-state index contributed by atoms with van der Waals surface area (Å²) in [4.78, 5) is 21.5. The number of fused-ring (bicyclic) bond motifs is 1. The lowest BCUT2D eigenvalue weighted by Gasteiger charge is -2.17. The van der Waals surface area contributed by atoms with Gasteiger partial charge < -0.3 is 20.8 Å². The van der Waals surface area contributed by atoms with E-state index in [0.717, 1.165) is 25.0 Å². The molecule has 0 unspecified atom stereocenters. The minimum Gasteiger partial charge on any atom is -0.390 e. The largest absolute Gasteiger partial charge is 0.390 e. The lowest BCUT2D eigenvalue weighted by Crippen LogP contribution is -2.38. The molecule has 2 aromatic rings. The Morgan fingerprint density at radius 2 is 2.03 bits per heavy atom. The van der Waals surface area contributed by atoms with Crippen LogP contribution in [-0.4, -0.2) is 71.6 Å². The molecule has 2 aromatic heterocycles. The molecule has 29 heavy (non-hydrogen) atoms. The Kier molecular flexibility index (Phi) is 5.88. The molecule has 0 aliphatic heterocycles. The molecule has 158 valence electrons. The zero-order valence-electron chi connectivity index (χ0n) is 16.6. The van der Waals surface area contributed by atoms with E-state index in [1.54, 1.807) is 11.8 Å². The summed E-state index contributed by atoms with van der Waals surface area (Å²) in [6.07, 6.45) is 1.16. The molecule has 2 heterocycles. The minimum atomic E-state index is -1.16. The second-order valence-electron chi connectivity index (χ2n) is 7.61. The van der Waals surface area contributed by atoms with Crippen LogP contribution in [0.4, 0.5) is 5.82 Å². The van der Waals surface area contributed by atoms with Gasteiger partial charge in [0.15, 0.2) is 22.1 Å². The molecule has 1 amide bonds. The molecule has 2 fully saturated rings. The number of rotatable bonds is 8. The number of hydrogen-bond donors (Lipinski definition) is 4. The molecule has 4 rings (SSSR count). The average Bonchev–Trinajstić information content (AvgIpc) is 3.35. The molecule has 4 atom stereocenters. The van der Waals surface area contributed by atoms with E-state index in [0.29, 0.717) is 34.7 Å². The molecule has 4 N–H and O–H groups in total. The molecule has 2 saturated carbocycles. The summed E-state index contributed by atoms with van der Waals surface area (Å²) in [5.41, 5.74) is 1.05. The van der Waals surface area contributed by atoms with Crippen LogP contribution in [0.3, 0.4) is 0 Å². The van der Waals surface area contributed by atoms with Gasteiger partial charge in [-0.15, -0.1) is 5.10 Å². The van der Waals surface area contributed by atoms with Gasteiger partial charge >= 0.3 is 0 Å². The predicted octanol–water partition coefficient (Wildman–Crippen LogP) is 0.717. The lowest BCUT2D eigenvalue weighted by atomic mass is 10.0. The Hall–Kier alpha value is -1.98. The number of amides is 1. The number of nitrogens with zero attached hydrogens (tertiary/aromatic N) is 5. The van der Waals surface area contributed by atoms with Crippen LogP contribution in [0.2, 0.25) is 0 Å². The number of aliphatic hydroxyl groups excluding tert-OH is 2. The summed E-state index contributed by atoms with van der Waals surface area (Å²) < 4.78 is 1.54. The van der Waals surface area contributed by atoms with Crippen molar-refractivity contribution >= 4 is 34.7 Å². The fourth-order valence-electron chi connectivity index (χ4n) is 3.63. The van der Waals surface area contributed by atoms with E-state index in [4.69, 9.17) is 0 Å². The van der Waals surface area contributed by atoms with Gasteiger partial charge in [0.1, 0.15) is 6.10 Å². The van der Waals surface area contributed by atoms with Gasteiger partial charge in [0.2, 0.25) is 5.91 Å². The first-order valence-electron chi connectivity index (χ1n) is 10.2. The van der Waals surface area contributed by atoms with Crippen LogP contribution in [-0.2, 0) is 4.79 Å². The molecule has 0 spiro atoms. The number of anilines is 1. The van der Waals surface area contributed by atoms with Crippen LogP contribution in [0, 0.1) is 5.92 Å². The summed E-state index contributed by atoms with van der Waals surface area (Å²) in [7, 11) is 0. The van der Waals surface area contributed by atoms with Crippen molar-refractivity contribution in [2.75, 3.05) is 17.6 Å². The number of carbonyl (C=O) groups is 1. The maximum atomic E-state index is 12.3. The maximum Gasteiger partial charge on any atom is 0.225 e. The monoisotopic (exact) mass is 421 g/mol. The summed E-state index contributed by atoms with van der Waals surface area (Å²) in [6.45, 7) is 4.38. The summed E-state index contributed by atoms with van der Waals surface area (Å²) in [5.74, 6) is 0.570. The molecular formula is C18H27N7O3S. The first-order valence-corrected chi connectivity index (χ1v) is 11.2. The molecule has 10 nitrogen and oxygen atoms in total. The molecule has 2 aliphatic carbocycles. The van der Waals surface area contributed by atoms with Crippen LogP contribution in [0.5, 0.6) is 0 Å². The van der Waals surface area contributed by atoms with Gasteiger partial charge in [-0.2, -0.15) is 0 Å². The van der Waals surface area contributed by atoms with Gasteiger partial charge in [-0.3, -0.25) is 4.79 Å². The van der Waals surface area contributed by atoms with Gasteiger partial charge in [0.05, 0.1) is 18.1 Å². The second kappa shape index (κ2) is 8.41. The Balaban J connectivity index is 1.68. The van der Waals surface area contributed by atoms with Crippen molar-refractivity contribution in [2.24, 2.45) is 5.92 Å². The van der Waals surface area contributed by atoms with Gasteiger partial charge in [-0.05, 0) is 32.6 Å². The Bertz CT molecular complexity index is 888. The van der Waals surface area contributed by atoms with Crippen LogP contribution >= 0.6 is 11.8 Å². The smallest absolute Gasteiger partial charge is 0.225 e. The van der Waals surface area contributed by atoms with E-state index < -0.39 is 24.2 Å². The number of nitrogens with one attached hydrogen (secondary N) is 2. The summed E-state index contributed by atoms with van der Waals surface area (Å²) in [5, 5.41) is 36.3. The second-order valence-corrected chi connectivity index (χ2v) is 8.68. The standard InChI is InChI=1S/C18H27N7O3S/c1-3-7-29-18-21-15(20-9-5-6-9)12-16(22-18)25(24-23-12)11-8-10(13(26)14(11)27)17(28)19-4-2/h9-11,13-14,26-27H,3-8H2,1-2H3,(H,19,28)(H,20,21,22)/t10-,11+,13+,14-/m0/s1. The summed E-state index contributed by atoms with van der Waals surface area (Å²) in [6, 6.07) is -0.196. The van der Waals surface area contributed by atoms with Crippen molar-refractivity contribution in [1.82, 2.24) is 30.3 Å². The third kappa shape index (κ3) is 4.03. The van der Waals surface area contributed by atoms with E-state index >= 15 is 0 Å².